The maximum atomic E-state index is 5.52. The lowest BCUT2D eigenvalue weighted by Crippen LogP contribution is -2.50. The Morgan fingerprint density at radius 3 is 2.80 bits per heavy atom. The molecule has 90 valence electrons. The van der Waals surface area contributed by atoms with Crippen LogP contribution in [0.25, 0.3) is 0 Å². The molecule has 0 aromatic heterocycles. The molecule has 1 aliphatic heterocycles. The second-order valence-corrected chi connectivity index (χ2v) is 4.29. The van der Waals surface area contributed by atoms with Crippen molar-refractivity contribution in [2.24, 2.45) is 0 Å². The van der Waals surface area contributed by atoms with E-state index in [1.165, 1.54) is 19.4 Å². The van der Waals surface area contributed by atoms with E-state index >= 15 is 0 Å². The summed E-state index contributed by atoms with van der Waals surface area (Å²) in [5, 5.41) is 3.54. The molecule has 1 saturated heterocycles. The van der Waals surface area contributed by atoms with Gasteiger partial charge in [-0.05, 0) is 19.4 Å². The van der Waals surface area contributed by atoms with Crippen molar-refractivity contribution in [2.75, 3.05) is 32.8 Å². The lowest BCUT2D eigenvalue weighted by atomic mass is 10.1. The summed E-state index contributed by atoms with van der Waals surface area (Å²) in [4.78, 5) is 2.58. The molecule has 0 bridgehead atoms. The van der Waals surface area contributed by atoms with Crippen LogP contribution in [0.4, 0.5) is 0 Å². The van der Waals surface area contributed by atoms with Crippen molar-refractivity contribution in [3.8, 4) is 0 Å². The van der Waals surface area contributed by atoms with Crippen LogP contribution in [-0.4, -0.2) is 49.8 Å². The van der Waals surface area contributed by atoms with Crippen molar-refractivity contribution in [3.63, 3.8) is 0 Å². The highest BCUT2D eigenvalue weighted by molar-refractivity contribution is 4.78. The molecule has 2 unspecified atom stereocenters. The van der Waals surface area contributed by atoms with Crippen LogP contribution in [0, 0.1) is 0 Å². The molecule has 0 radical (unpaired) electrons. The van der Waals surface area contributed by atoms with Gasteiger partial charge in [-0.1, -0.05) is 20.8 Å². The zero-order valence-corrected chi connectivity index (χ0v) is 10.5. The Morgan fingerprint density at radius 1 is 1.40 bits per heavy atom. The predicted octanol–water partition coefficient (Wildman–Crippen LogP) is 1.49. The Labute approximate surface area is 94.2 Å². The molecule has 2 atom stereocenters. The second-order valence-electron chi connectivity index (χ2n) is 4.29. The number of likely N-dealkylation sites (N-methyl/N-ethyl adjacent to an activating group) is 1. The number of hydrogen-bond acceptors (Lipinski definition) is 3. The Morgan fingerprint density at radius 2 is 2.20 bits per heavy atom. The van der Waals surface area contributed by atoms with Gasteiger partial charge in [0.1, 0.15) is 0 Å². The van der Waals surface area contributed by atoms with E-state index in [4.69, 9.17) is 4.74 Å². The van der Waals surface area contributed by atoms with Crippen molar-refractivity contribution >= 4 is 0 Å². The predicted molar refractivity (Wildman–Crippen MR) is 64.2 cm³/mol. The maximum Gasteiger partial charge on any atom is 0.0622 e. The topological polar surface area (TPSA) is 24.5 Å². The highest BCUT2D eigenvalue weighted by Crippen LogP contribution is 2.11. The fourth-order valence-corrected chi connectivity index (χ4v) is 2.22. The first-order chi connectivity index (χ1) is 7.31. The molecular weight excluding hydrogens is 188 g/mol. The molecule has 0 amide bonds. The van der Waals surface area contributed by atoms with Gasteiger partial charge in [0.05, 0.1) is 13.2 Å². The molecule has 0 aromatic carbocycles. The van der Waals surface area contributed by atoms with Gasteiger partial charge in [0.15, 0.2) is 0 Å². The van der Waals surface area contributed by atoms with E-state index < -0.39 is 0 Å². The smallest absolute Gasteiger partial charge is 0.0622 e. The Hall–Kier alpha value is -0.120. The van der Waals surface area contributed by atoms with Gasteiger partial charge in [-0.15, -0.1) is 0 Å². The van der Waals surface area contributed by atoms with E-state index in [0.717, 1.165) is 26.3 Å². The average molecular weight is 214 g/mol. The molecule has 1 aliphatic rings. The number of rotatable bonds is 6. The summed E-state index contributed by atoms with van der Waals surface area (Å²) in [5.41, 5.74) is 0. The minimum absolute atomic E-state index is 0.631. The first kappa shape index (κ1) is 12.9. The van der Waals surface area contributed by atoms with Gasteiger partial charge in [-0.3, -0.25) is 4.90 Å². The van der Waals surface area contributed by atoms with Gasteiger partial charge in [-0.25, -0.2) is 0 Å². The number of morpholine rings is 1. The lowest BCUT2D eigenvalue weighted by molar-refractivity contribution is -0.0126. The van der Waals surface area contributed by atoms with E-state index in [-0.39, 0.29) is 0 Å². The van der Waals surface area contributed by atoms with Crippen molar-refractivity contribution in [1.29, 1.82) is 0 Å². The second kappa shape index (κ2) is 7.20. The number of nitrogens with zero attached hydrogens (tertiary/aromatic N) is 1. The first-order valence-electron chi connectivity index (χ1n) is 6.36. The van der Waals surface area contributed by atoms with Crippen molar-refractivity contribution in [3.05, 3.63) is 0 Å². The van der Waals surface area contributed by atoms with E-state index in [2.05, 4.69) is 31.0 Å². The van der Waals surface area contributed by atoms with Crippen LogP contribution in [0.2, 0.25) is 0 Å². The summed E-state index contributed by atoms with van der Waals surface area (Å²) < 4.78 is 5.52. The van der Waals surface area contributed by atoms with Crippen LogP contribution in [0.5, 0.6) is 0 Å². The lowest BCUT2D eigenvalue weighted by Gasteiger charge is -2.37. The number of hydrogen-bond donors (Lipinski definition) is 1. The van der Waals surface area contributed by atoms with Gasteiger partial charge < -0.3 is 10.1 Å². The summed E-state index contributed by atoms with van der Waals surface area (Å²) >= 11 is 0. The SMILES string of the molecule is CCNC(CC)CN1CCOCC1CC. The Kier molecular flexibility index (Phi) is 6.22. The van der Waals surface area contributed by atoms with Crippen molar-refractivity contribution in [2.45, 2.75) is 45.7 Å². The van der Waals surface area contributed by atoms with Crippen molar-refractivity contribution < 1.29 is 4.74 Å². The monoisotopic (exact) mass is 214 g/mol. The first-order valence-corrected chi connectivity index (χ1v) is 6.36. The van der Waals surface area contributed by atoms with Gasteiger partial charge >= 0.3 is 0 Å². The Bertz CT molecular complexity index is 164. The van der Waals surface area contributed by atoms with Gasteiger partial charge in [0.2, 0.25) is 0 Å². The summed E-state index contributed by atoms with van der Waals surface area (Å²) in [7, 11) is 0. The third-order valence-corrected chi connectivity index (χ3v) is 3.26. The largest absolute Gasteiger partial charge is 0.378 e. The van der Waals surface area contributed by atoms with Gasteiger partial charge in [0, 0.05) is 25.2 Å². The minimum atomic E-state index is 0.631. The molecule has 1 N–H and O–H groups in total. The molecule has 0 spiro atoms. The van der Waals surface area contributed by atoms with E-state index in [1.54, 1.807) is 0 Å². The molecule has 0 saturated carbocycles. The van der Waals surface area contributed by atoms with Crippen molar-refractivity contribution in [1.82, 2.24) is 10.2 Å². The summed E-state index contributed by atoms with van der Waals surface area (Å²) in [6.07, 6.45) is 2.41. The van der Waals surface area contributed by atoms with Crippen LogP contribution in [0.1, 0.15) is 33.6 Å². The average Bonchev–Trinajstić information content (AvgIpc) is 2.29. The molecule has 1 heterocycles. The quantitative estimate of drug-likeness (QED) is 0.725. The standard InChI is InChI=1S/C12H26N2O/c1-4-11(13-6-3)9-14-7-8-15-10-12(14)5-2/h11-13H,4-10H2,1-3H3. The highest BCUT2D eigenvalue weighted by Gasteiger charge is 2.23. The molecule has 15 heavy (non-hydrogen) atoms. The molecule has 1 fully saturated rings. The highest BCUT2D eigenvalue weighted by atomic mass is 16.5. The fraction of sp³-hybridized carbons (Fsp3) is 1.00. The van der Waals surface area contributed by atoms with E-state index in [9.17, 15) is 0 Å². The zero-order valence-electron chi connectivity index (χ0n) is 10.5. The summed E-state index contributed by atoms with van der Waals surface area (Å²) in [5.74, 6) is 0. The molecule has 3 nitrogen and oxygen atoms in total. The van der Waals surface area contributed by atoms with E-state index in [1.807, 2.05) is 0 Å². The van der Waals surface area contributed by atoms with Crippen LogP contribution in [0.15, 0.2) is 0 Å². The van der Waals surface area contributed by atoms with Crippen LogP contribution in [0.3, 0.4) is 0 Å². The number of nitrogens with one attached hydrogen (secondary N) is 1. The van der Waals surface area contributed by atoms with Gasteiger partial charge in [-0.2, -0.15) is 0 Å². The third-order valence-electron chi connectivity index (χ3n) is 3.26. The number of ether oxygens (including phenoxy) is 1. The van der Waals surface area contributed by atoms with Crippen LogP contribution < -0.4 is 5.32 Å². The molecule has 0 aromatic rings. The molecule has 0 aliphatic carbocycles. The summed E-state index contributed by atoms with van der Waals surface area (Å²) in [6, 6.07) is 1.27. The van der Waals surface area contributed by atoms with Crippen LogP contribution >= 0.6 is 0 Å². The van der Waals surface area contributed by atoms with Gasteiger partial charge in [0.25, 0.3) is 0 Å². The fourth-order valence-electron chi connectivity index (χ4n) is 2.22. The molecular formula is C12H26N2O. The maximum absolute atomic E-state index is 5.52. The zero-order chi connectivity index (χ0) is 11.1. The minimum Gasteiger partial charge on any atom is -0.378 e. The van der Waals surface area contributed by atoms with E-state index in [0.29, 0.717) is 12.1 Å². The van der Waals surface area contributed by atoms with Crippen LogP contribution in [-0.2, 0) is 4.74 Å². The third kappa shape index (κ3) is 4.09. The molecule has 3 heteroatoms. The summed E-state index contributed by atoms with van der Waals surface area (Å²) in [6.45, 7) is 11.8. The Balaban J connectivity index is 2.38. The normalized spacial score (nSPS) is 25.4. The molecule has 1 rings (SSSR count).